The molecule has 0 unspecified atom stereocenters. The molecule has 2 heteroatoms. The van der Waals surface area contributed by atoms with Crippen molar-refractivity contribution in [2.45, 2.75) is 13.3 Å². The summed E-state index contributed by atoms with van der Waals surface area (Å²) in [7, 11) is 0. The Labute approximate surface area is 145 Å². The van der Waals surface area contributed by atoms with Crippen molar-refractivity contribution >= 4 is 21.4 Å². The molecule has 4 aromatic rings. The van der Waals surface area contributed by atoms with E-state index in [1.54, 1.807) is 17.4 Å². The fourth-order valence-electron chi connectivity index (χ4n) is 3.05. The summed E-state index contributed by atoms with van der Waals surface area (Å²) in [5.74, 6) is 0.324. The Morgan fingerprint density at radius 2 is 1.62 bits per heavy atom. The highest BCUT2D eigenvalue weighted by molar-refractivity contribution is 7.22. The molecule has 0 aliphatic rings. The lowest BCUT2D eigenvalue weighted by Crippen LogP contribution is -1.89. The topological polar surface area (TPSA) is 20.2 Å². The monoisotopic (exact) mass is 330 g/mol. The fourth-order valence-corrected chi connectivity index (χ4v) is 4.31. The van der Waals surface area contributed by atoms with Crippen molar-refractivity contribution in [2.75, 3.05) is 0 Å². The molecule has 0 atom stereocenters. The van der Waals surface area contributed by atoms with Crippen molar-refractivity contribution < 1.29 is 5.11 Å². The van der Waals surface area contributed by atoms with Gasteiger partial charge in [-0.3, -0.25) is 0 Å². The Morgan fingerprint density at radius 1 is 0.875 bits per heavy atom. The molecule has 0 aliphatic heterocycles. The SMILES string of the molecule is Cc1ccc(Cc2c(-c3ccccc3)sc3cc(O)ccc23)cc1. The molecule has 0 saturated heterocycles. The molecule has 0 amide bonds. The molecule has 1 nitrogen and oxygen atoms in total. The molecule has 0 fully saturated rings. The molecule has 1 aromatic heterocycles. The van der Waals surface area contributed by atoms with Gasteiger partial charge < -0.3 is 5.11 Å². The van der Waals surface area contributed by atoms with Gasteiger partial charge in [-0.2, -0.15) is 0 Å². The first-order chi connectivity index (χ1) is 11.7. The summed E-state index contributed by atoms with van der Waals surface area (Å²) in [6.45, 7) is 2.11. The van der Waals surface area contributed by atoms with E-state index in [2.05, 4.69) is 55.5 Å². The van der Waals surface area contributed by atoms with Gasteiger partial charge in [0.2, 0.25) is 0 Å². The summed E-state index contributed by atoms with van der Waals surface area (Å²) in [4.78, 5) is 1.29. The average molecular weight is 330 g/mol. The second kappa shape index (κ2) is 6.14. The van der Waals surface area contributed by atoms with Gasteiger partial charge in [-0.25, -0.2) is 0 Å². The Hall–Kier alpha value is -2.58. The lowest BCUT2D eigenvalue weighted by Gasteiger charge is -2.06. The fraction of sp³-hybridized carbons (Fsp3) is 0.0909. The van der Waals surface area contributed by atoms with Crippen LogP contribution < -0.4 is 0 Å². The van der Waals surface area contributed by atoms with Gasteiger partial charge in [0.15, 0.2) is 0 Å². The smallest absolute Gasteiger partial charge is 0.117 e. The molecule has 1 heterocycles. The number of fused-ring (bicyclic) bond motifs is 1. The summed E-state index contributed by atoms with van der Waals surface area (Å²) in [6.07, 6.45) is 0.898. The predicted octanol–water partition coefficient (Wildman–Crippen LogP) is 6.17. The standard InChI is InChI=1S/C22H18OS/c1-15-7-9-16(10-8-15)13-20-19-12-11-18(23)14-21(19)24-22(20)17-5-3-2-4-6-17/h2-12,14,23H,13H2,1H3. The normalized spacial score (nSPS) is 11.0. The van der Waals surface area contributed by atoms with E-state index in [9.17, 15) is 5.11 Å². The van der Waals surface area contributed by atoms with Crippen molar-refractivity contribution in [2.24, 2.45) is 0 Å². The van der Waals surface area contributed by atoms with Crippen LogP contribution in [0, 0.1) is 6.92 Å². The minimum atomic E-state index is 0.324. The maximum atomic E-state index is 9.83. The first-order valence-corrected chi connectivity index (χ1v) is 8.88. The molecule has 0 bridgehead atoms. The van der Waals surface area contributed by atoms with Crippen LogP contribution in [0.4, 0.5) is 0 Å². The maximum Gasteiger partial charge on any atom is 0.117 e. The van der Waals surface area contributed by atoms with E-state index in [1.807, 2.05) is 18.2 Å². The van der Waals surface area contributed by atoms with Crippen LogP contribution >= 0.6 is 11.3 Å². The summed E-state index contributed by atoms with van der Waals surface area (Å²) in [5.41, 5.74) is 5.16. The third-order valence-corrected chi connectivity index (χ3v) is 5.56. The molecule has 118 valence electrons. The number of rotatable bonds is 3. The van der Waals surface area contributed by atoms with Gasteiger partial charge in [-0.05, 0) is 53.6 Å². The zero-order valence-electron chi connectivity index (χ0n) is 13.5. The first kappa shape index (κ1) is 15.0. The average Bonchev–Trinajstić information content (AvgIpc) is 2.95. The highest BCUT2D eigenvalue weighted by atomic mass is 32.1. The van der Waals surface area contributed by atoms with E-state index < -0.39 is 0 Å². The zero-order valence-corrected chi connectivity index (χ0v) is 14.3. The molecule has 3 aromatic carbocycles. The van der Waals surface area contributed by atoms with Crippen molar-refractivity contribution in [3.8, 4) is 16.2 Å². The third kappa shape index (κ3) is 2.81. The van der Waals surface area contributed by atoms with Gasteiger partial charge in [0.1, 0.15) is 5.75 Å². The quantitative estimate of drug-likeness (QED) is 0.476. The first-order valence-electron chi connectivity index (χ1n) is 8.06. The van der Waals surface area contributed by atoms with Crippen molar-refractivity contribution in [3.63, 3.8) is 0 Å². The molecular weight excluding hydrogens is 312 g/mol. The molecule has 0 aliphatic carbocycles. The van der Waals surface area contributed by atoms with Crippen LogP contribution in [0.2, 0.25) is 0 Å². The van der Waals surface area contributed by atoms with Crippen LogP contribution in [0.25, 0.3) is 20.5 Å². The van der Waals surface area contributed by atoms with E-state index in [-0.39, 0.29) is 0 Å². The van der Waals surface area contributed by atoms with Gasteiger partial charge in [0.05, 0.1) is 0 Å². The summed E-state index contributed by atoms with van der Waals surface area (Å²) in [6, 6.07) is 24.9. The van der Waals surface area contributed by atoms with E-state index in [0.29, 0.717) is 5.75 Å². The molecular formula is C22H18OS. The minimum Gasteiger partial charge on any atom is -0.508 e. The third-order valence-electron chi connectivity index (χ3n) is 4.31. The number of aromatic hydroxyl groups is 1. The van der Waals surface area contributed by atoms with E-state index in [4.69, 9.17) is 0 Å². The van der Waals surface area contributed by atoms with Crippen molar-refractivity contribution in [1.29, 1.82) is 0 Å². The van der Waals surface area contributed by atoms with Gasteiger partial charge in [-0.15, -0.1) is 11.3 Å². The minimum absolute atomic E-state index is 0.324. The predicted molar refractivity (Wildman–Crippen MR) is 103 cm³/mol. The molecule has 4 rings (SSSR count). The Kier molecular flexibility index (Phi) is 3.83. The highest BCUT2D eigenvalue weighted by Gasteiger charge is 2.14. The maximum absolute atomic E-state index is 9.83. The number of thiophene rings is 1. The van der Waals surface area contributed by atoms with E-state index in [0.717, 1.165) is 11.1 Å². The number of phenols is 1. The summed E-state index contributed by atoms with van der Waals surface area (Å²) >= 11 is 1.75. The second-order valence-electron chi connectivity index (χ2n) is 6.12. The molecule has 24 heavy (non-hydrogen) atoms. The highest BCUT2D eigenvalue weighted by Crippen LogP contribution is 2.41. The Morgan fingerprint density at radius 3 is 2.38 bits per heavy atom. The number of hydrogen-bond acceptors (Lipinski definition) is 2. The Bertz CT molecular complexity index is 982. The van der Waals surface area contributed by atoms with E-state index >= 15 is 0 Å². The lowest BCUT2D eigenvalue weighted by atomic mass is 9.98. The van der Waals surface area contributed by atoms with Crippen molar-refractivity contribution in [3.05, 3.63) is 89.5 Å². The van der Waals surface area contributed by atoms with Crippen LogP contribution in [-0.2, 0) is 6.42 Å². The largest absolute Gasteiger partial charge is 0.508 e. The molecule has 0 spiro atoms. The zero-order chi connectivity index (χ0) is 16.5. The van der Waals surface area contributed by atoms with Crippen LogP contribution in [0.15, 0.2) is 72.8 Å². The summed E-state index contributed by atoms with van der Waals surface area (Å²) < 4.78 is 1.14. The van der Waals surface area contributed by atoms with Crippen molar-refractivity contribution in [1.82, 2.24) is 0 Å². The Balaban J connectivity index is 1.89. The number of aryl methyl sites for hydroxylation is 1. The lowest BCUT2D eigenvalue weighted by molar-refractivity contribution is 0.476. The van der Waals surface area contributed by atoms with Gasteiger partial charge in [-0.1, -0.05) is 60.2 Å². The number of benzene rings is 3. The van der Waals surface area contributed by atoms with Gasteiger partial charge in [0.25, 0.3) is 0 Å². The number of phenolic OH excluding ortho intramolecular Hbond substituents is 1. The molecule has 0 radical (unpaired) electrons. The van der Waals surface area contributed by atoms with Crippen LogP contribution in [-0.4, -0.2) is 5.11 Å². The van der Waals surface area contributed by atoms with Crippen LogP contribution in [0.5, 0.6) is 5.75 Å². The molecule has 1 N–H and O–H groups in total. The van der Waals surface area contributed by atoms with E-state index in [1.165, 1.54) is 32.5 Å². The van der Waals surface area contributed by atoms with Crippen LogP contribution in [0.3, 0.4) is 0 Å². The van der Waals surface area contributed by atoms with Crippen LogP contribution in [0.1, 0.15) is 16.7 Å². The second-order valence-corrected chi connectivity index (χ2v) is 7.17. The summed E-state index contributed by atoms with van der Waals surface area (Å²) in [5, 5.41) is 11.1. The number of hydrogen-bond donors (Lipinski definition) is 1. The molecule has 0 saturated carbocycles. The van der Waals surface area contributed by atoms with Gasteiger partial charge in [0, 0.05) is 9.58 Å². The van der Waals surface area contributed by atoms with Gasteiger partial charge >= 0.3 is 0 Å².